The highest BCUT2D eigenvalue weighted by Crippen LogP contribution is 2.18. The number of hydrogen-bond acceptors (Lipinski definition) is 5. The zero-order valence-corrected chi connectivity index (χ0v) is 16.0. The third-order valence-corrected chi connectivity index (χ3v) is 5.27. The van der Waals surface area contributed by atoms with Gasteiger partial charge in [-0.1, -0.05) is 31.5 Å². The van der Waals surface area contributed by atoms with Crippen LogP contribution in [0.25, 0.3) is 0 Å². The molecule has 2 N–H and O–H groups in total. The number of ether oxygens (including phenoxy) is 1. The summed E-state index contributed by atoms with van der Waals surface area (Å²) in [5, 5.41) is 2.62. The van der Waals surface area contributed by atoms with Crippen molar-refractivity contribution in [3.8, 4) is 0 Å². The topological polar surface area (TPSA) is 102 Å². The first-order valence-corrected chi connectivity index (χ1v) is 9.95. The van der Waals surface area contributed by atoms with Crippen LogP contribution in [0.2, 0.25) is 0 Å². The molecule has 7 nitrogen and oxygen atoms in total. The summed E-state index contributed by atoms with van der Waals surface area (Å²) in [5.41, 5.74) is 0.648. The Hall–Kier alpha value is -2.71. The molecule has 27 heavy (non-hydrogen) atoms. The molecule has 0 aliphatic rings. The molecule has 1 amide bonds. The van der Waals surface area contributed by atoms with Crippen LogP contribution in [0.4, 0.5) is 5.69 Å². The van der Waals surface area contributed by atoms with Gasteiger partial charge in [0.15, 0.2) is 0 Å². The predicted molar refractivity (Wildman–Crippen MR) is 102 cm³/mol. The third-order valence-electron chi connectivity index (χ3n) is 3.81. The number of methoxy groups -OCH3 is 1. The Morgan fingerprint density at radius 1 is 1.07 bits per heavy atom. The Morgan fingerprint density at radius 3 is 2.52 bits per heavy atom. The predicted octanol–water partition coefficient (Wildman–Crippen LogP) is 2.80. The molecule has 0 spiro atoms. The lowest BCUT2D eigenvalue weighted by Crippen LogP contribution is -2.25. The summed E-state index contributed by atoms with van der Waals surface area (Å²) in [4.78, 5) is 24.3. The van der Waals surface area contributed by atoms with Crippen LogP contribution in [0, 0.1) is 0 Å². The van der Waals surface area contributed by atoms with Crippen molar-refractivity contribution in [2.24, 2.45) is 0 Å². The molecule has 0 saturated heterocycles. The van der Waals surface area contributed by atoms with Gasteiger partial charge < -0.3 is 10.1 Å². The van der Waals surface area contributed by atoms with Crippen molar-refractivity contribution in [3.05, 3.63) is 59.7 Å². The van der Waals surface area contributed by atoms with Gasteiger partial charge in [-0.25, -0.2) is 17.9 Å². The molecule has 0 atom stereocenters. The van der Waals surface area contributed by atoms with Crippen molar-refractivity contribution in [1.29, 1.82) is 0 Å². The van der Waals surface area contributed by atoms with Gasteiger partial charge in [0.2, 0.25) is 10.0 Å². The maximum atomic E-state index is 12.5. The molecule has 0 saturated carbocycles. The van der Waals surface area contributed by atoms with Gasteiger partial charge in [0, 0.05) is 12.1 Å². The van der Waals surface area contributed by atoms with Gasteiger partial charge in [0.25, 0.3) is 5.91 Å². The maximum Gasteiger partial charge on any atom is 0.339 e. The Kier molecular flexibility index (Phi) is 7.09. The molecule has 0 radical (unpaired) electrons. The highest BCUT2D eigenvalue weighted by atomic mass is 32.2. The lowest BCUT2D eigenvalue weighted by atomic mass is 10.1. The molecule has 0 unspecified atom stereocenters. The van der Waals surface area contributed by atoms with Gasteiger partial charge in [-0.2, -0.15) is 0 Å². The van der Waals surface area contributed by atoms with Crippen molar-refractivity contribution >= 4 is 27.6 Å². The smallest absolute Gasteiger partial charge is 0.339 e. The van der Waals surface area contributed by atoms with Crippen molar-refractivity contribution in [2.75, 3.05) is 19.0 Å². The van der Waals surface area contributed by atoms with E-state index in [0.29, 0.717) is 6.54 Å². The molecular formula is C19H22N2O5S. The summed E-state index contributed by atoms with van der Waals surface area (Å²) in [6, 6.07) is 12.1. The molecule has 0 fully saturated rings. The van der Waals surface area contributed by atoms with Gasteiger partial charge in [0.1, 0.15) is 0 Å². The van der Waals surface area contributed by atoms with Crippen LogP contribution in [0.5, 0.6) is 0 Å². The van der Waals surface area contributed by atoms with E-state index in [9.17, 15) is 18.0 Å². The first-order valence-electron chi connectivity index (χ1n) is 8.47. The van der Waals surface area contributed by atoms with E-state index in [1.54, 1.807) is 18.2 Å². The zero-order chi connectivity index (χ0) is 19.9. The summed E-state index contributed by atoms with van der Waals surface area (Å²) < 4.78 is 31.8. The molecule has 0 aliphatic carbocycles. The van der Waals surface area contributed by atoms with E-state index in [-0.39, 0.29) is 21.7 Å². The summed E-state index contributed by atoms with van der Waals surface area (Å²) in [7, 11) is -2.44. The lowest BCUT2D eigenvalue weighted by Gasteiger charge is -2.11. The van der Waals surface area contributed by atoms with E-state index in [1.165, 1.54) is 37.4 Å². The highest BCUT2D eigenvalue weighted by Gasteiger charge is 2.17. The fourth-order valence-electron chi connectivity index (χ4n) is 2.35. The van der Waals surface area contributed by atoms with Crippen molar-refractivity contribution < 1.29 is 22.7 Å². The van der Waals surface area contributed by atoms with Crippen molar-refractivity contribution in [1.82, 2.24) is 4.72 Å². The van der Waals surface area contributed by atoms with Crippen LogP contribution < -0.4 is 10.0 Å². The normalized spacial score (nSPS) is 11.0. The number of nitrogens with one attached hydrogen (secondary N) is 2. The number of para-hydroxylation sites is 1. The Bertz CT molecular complexity index is 925. The highest BCUT2D eigenvalue weighted by molar-refractivity contribution is 7.89. The second-order valence-electron chi connectivity index (χ2n) is 5.77. The first-order chi connectivity index (χ1) is 12.9. The number of anilines is 1. The molecular weight excluding hydrogens is 368 g/mol. The monoisotopic (exact) mass is 390 g/mol. The molecule has 8 heteroatoms. The minimum Gasteiger partial charge on any atom is -0.465 e. The number of esters is 1. The molecule has 0 heterocycles. The van der Waals surface area contributed by atoms with Crippen LogP contribution >= 0.6 is 0 Å². The second kappa shape index (κ2) is 9.29. The number of carbonyl (C=O) groups excluding carboxylic acids is 2. The number of carbonyl (C=O) groups is 2. The average molecular weight is 390 g/mol. The summed E-state index contributed by atoms with van der Waals surface area (Å²) in [5.74, 6) is -1.11. The fraction of sp³-hybridized carbons (Fsp3) is 0.263. The summed E-state index contributed by atoms with van der Waals surface area (Å²) in [6.45, 7) is 2.30. The Morgan fingerprint density at radius 2 is 1.81 bits per heavy atom. The standard InChI is InChI=1S/C19H22N2O5S/c1-3-4-12-20-27(24,25)15-9-7-8-14(13-15)18(22)21-17-11-6-5-10-16(17)19(23)26-2/h5-11,13,20H,3-4,12H2,1-2H3,(H,21,22). The molecule has 0 bridgehead atoms. The first kappa shape index (κ1) is 20.6. The second-order valence-corrected chi connectivity index (χ2v) is 7.54. The summed E-state index contributed by atoms with van der Waals surface area (Å²) >= 11 is 0. The number of benzene rings is 2. The molecule has 2 aromatic carbocycles. The van der Waals surface area contributed by atoms with Gasteiger partial charge in [0.05, 0.1) is 23.3 Å². The third kappa shape index (κ3) is 5.38. The van der Waals surface area contributed by atoms with E-state index in [1.807, 2.05) is 6.92 Å². The number of rotatable bonds is 8. The van der Waals surface area contributed by atoms with Gasteiger partial charge in [-0.05, 0) is 36.8 Å². The maximum absolute atomic E-state index is 12.5. The van der Waals surface area contributed by atoms with Crippen LogP contribution in [-0.4, -0.2) is 33.9 Å². The lowest BCUT2D eigenvalue weighted by molar-refractivity contribution is 0.0602. The summed E-state index contributed by atoms with van der Waals surface area (Å²) in [6.07, 6.45) is 1.59. The van der Waals surface area contributed by atoms with Crippen molar-refractivity contribution in [3.63, 3.8) is 0 Å². The average Bonchev–Trinajstić information content (AvgIpc) is 2.68. The zero-order valence-electron chi connectivity index (χ0n) is 15.2. The van der Waals surface area contributed by atoms with E-state index < -0.39 is 21.9 Å². The molecule has 2 aromatic rings. The van der Waals surface area contributed by atoms with E-state index in [4.69, 9.17) is 4.74 Å². The Balaban J connectivity index is 2.23. The van der Waals surface area contributed by atoms with Gasteiger partial charge in [-0.3, -0.25) is 4.79 Å². The van der Waals surface area contributed by atoms with Gasteiger partial charge in [-0.15, -0.1) is 0 Å². The largest absolute Gasteiger partial charge is 0.465 e. The van der Waals surface area contributed by atoms with E-state index in [0.717, 1.165) is 12.8 Å². The van der Waals surface area contributed by atoms with Crippen LogP contribution in [0.15, 0.2) is 53.4 Å². The molecule has 0 aliphatic heterocycles. The minimum absolute atomic E-state index is 0.00695. The fourth-order valence-corrected chi connectivity index (χ4v) is 3.47. The van der Waals surface area contributed by atoms with E-state index >= 15 is 0 Å². The SMILES string of the molecule is CCCCNS(=O)(=O)c1cccc(C(=O)Nc2ccccc2C(=O)OC)c1. The van der Waals surface area contributed by atoms with E-state index in [2.05, 4.69) is 10.0 Å². The van der Waals surface area contributed by atoms with Crippen molar-refractivity contribution in [2.45, 2.75) is 24.7 Å². The number of amides is 1. The molecule has 144 valence electrons. The number of hydrogen-bond donors (Lipinski definition) is 2. The van der Waals surface area contributed by atoms with Crippen LogP contribution in [-0.2, 0) is 14.8 Å². The van der Waals surface area contributed by atoms with Crippen LogP contribution in [0.3, 0.4) is 0 Å². The van der Waals surface area contributed by atoms with Crippen LogP contribution in [0.1, 0.15) is 40.5 Å². The van der Waals surface area contributed by atoms with Gasteiger partial charge >= 0.3 is 5.97 Å². The number of sulfonamides is 1. The number of unbranched alkanes of at least 4 members (excludes halogenated alkanes) is 1. The quantitative estimate of drug-likeness (QED) is 0.533. The Labute approximate surface area is 158 Å². The molecule has 2 rings (SSSR count). The molecule has 0 aromatic heterocycles. The minimum atomic E-state index is -3.69.